The monoisotopic (exact) mass is 369 g/mol. The Morgan fingerprint density at radius 3 is 1.89 bits per heavy atom. The number of hydrogen-bond acceptors (Lipinski definition) is 6. The number of hydrogen-bond donors (Lipinski definition) is 1. The Balaban J connectivity index is 2.18. The van der Waals surface area contributed by atoms with Crippen LogP contribution in [0, 0.1) is 0 Å². The molecule has 0 spiro atoms. The zero-order chi connectivity index (χ0) is 19.8. The maximum atomic E-state index is 12.2. The first-order valence-electron chi connectivity index (χ1n) is 7.91. The number of carbonyl (C=O) groups excluding carboxylic acids is 3. The normalized spacial score (nSPS) is 10.3. The third kappa shape index (κ3) is 5.43. The molecule has 0 aromatic heterocycles. The number of amides is 1. The highest BCUT2D eigenvalue weighted by molar-refractivity contribution is 6.04. The lowest BCUT2D eigenvalue weighted by Gasteiger charge is -2.08. The molecule has 7 nitrogen and oxygen atoms in total. The molecule has 0 atom stereocenters. The van der Waals surface area contributed by atoms with Crippen molar-refractivity contribution in [3.8, 4) is 5.75 Å². The van der Waals surface area contributed by atoms with E-state index < -0.39 is 17.8 Å². The average molecular weight is 369 g/mol. The quantitative estimate of drug-likeness (QED) is 0.622. The minimum absolute atomic E-state index is 0.120. The number of rotatable bonds is 6. The van der Waals surface area contributed by atoms with Gasteiger partial charge in [-0.1, -0.05) is 12.1 Å². The zero-order valence-electron chi connectivity index (χ0n) is 15.1. The molecule has 7 heteroatoms. The Labute approximate surface area is 156 Å². The summed E-state index contributed by atoms with van der Waals surface area (Å²) < 4.78 is 14.4. The van der Waals surface area contributed by atoms with Crippen LogP contribution in [-0.4, -0.2) is 39.2 Å². The Hall–Kier alpha value is -3.61. The average Bonchev–Trinajstić information content (AvgIpc) is 2.71. The van der Waals surface area contributed by atoms with Gasteiger partial charge in [-0.15, -0.1) is 0 Å². The number of esters is 2. The predicted molar refractivity (Wildman–Crippen MR) is 99.8 cm³/mol. The van der Waals surface area contributed by atoms with Crippen molar-refractivity contribution in [2.24, 2.45) is 0 Å². The molecule has 140 valence electrons. The SMILES string of the molecule is COC(=O)c1cc(NC(=O)/C=C/c2ccc(OC)cc2)cc(C(=O)OC)c1. The van der Waals surface area contributed by atoms with Crippen molar-refractivity contribution < 1.29 is 28.6 Å². The lowest BCUT2D eigenvalue weighted by molar-refractivity contribution is -0.111. The van der Waals surface area contributed by atoms with Crippen molar-refractivity contribution in [3.63, 3.8) is 0 Å². The molecule has 0 aliphatic rings. The molecule has 2 rings (SSSR count). The molecule has 0 fully saturated rings. The summed E-state index contributed by atoms with van der Waals surface area (Å²) in [7, 11) is 4.02. The molecule has 0 heterocycles. The van der Waals surface area contributed by atoms with Crippen LogP contribution in [0.4, 0.5) is 5.69 Å². The Kier molecular flexibility index (Phi) is 6.71. The van der Waals surface area contributed by atoms with Crippen LogP contribution in [0.2, 0.25) is 0 Å². The molecule has 0 saturated heterocycles. The largest absolute Gasteiger partial charge is 0.497 e. The standard InChI is InChI=1S/C20H19NO6/c1-25-17-7-4-13(5-8-17)6-9-18(22)21-16-11-14(19(23)26-2)10-15(12-16)20(24)27-3/h4-12H,1-3H3,(H,21,22)/b9-6+. The van der Waals surface area contributed by atoms with E-state index in [2.05, 4.69) is 14.8 Å². The number of ether oxygens (including phenoxy) is 3. The lowest BCUT2D eigenvalue weighted by Crippen LogP contribution is -2.12. The van der Waals surface area contributed by atoms with Gasteiger partial charge in [0.1, 0.15) is 5.75 Å². The molecule has 0 aliphatic carbocycles. The van der Waals surface area contributed by atoms with Crippen molar-refractivity contribution in [1.29, 1.82) is 0 Å². The van der Waals surface area contributed by atoms with Gasteiger partial charge in [0, 0.05) is 11.8 Å². The van der Waals surface area contributed by atoms with Gasteiger partial charge in [0.05, 0.1) is 32.5 Å². The van der Waals surface area contributed by atoms with Gasteiger partial charge in [-0.05, 0) is 42.0 Å². The lowest BCUT2D eigenvalue weighted by atomic mass is 10.1. The van der Waals surface area contributed by atoms with Gasteiger partial charge < -0.3 is 19.5 Å². The van der Waals surface area contributed by atoms with E-state index >= 15 is 0 Å². The molecular weight excluding hydrogens is 350 g/mol. The van der Waals surface area contributed by atoms with Crippen molar-refractivity contribution in [3.05, 3.63) is 65.2 Å². The second-order valence-electron chi connectivity index (χ2n) is 5.38. The third-order valence-electron chi connectivity index (χ3n) is 3.59. The molecular formula is C20H19NO6. The highest BCUT2D eigenvalue weighted by Gasteiger charge is 2.14. The molecule has 0 bridgehead atoms. The summed E-state index contributed by atoms with van der Waals surface area (Å²) in [5.74, 6) is -0.981. The fourth-order valence-electron chi connectivity index (χ4n) is 2.24. The Morgan fingerprint density at radius 1 is 0.852 bits per heavy atom. The van der Waals surface area contributed by atoms with Crippen molar-refractivity contribution >= 4 is 29.6 Å². The highest BCUT2D eigenvalue weighted by atomic mass is 16.5. The van der Waals surface area contributed by atoms with E-state index in [1.54, 1.807) is 37.5 Å². The fourth-order valence-corrected chi connectivity index (χ4v) is 2.24. The number of methoxy groups -OCH3 is 3. The van der Waals surface area contributed by atoms with Crippen LogP contribution in [0.25, 0.3) is 6.08 Å². The summed E-state index contributed by atoms with van der Waals surface area (Å²) >= 11 is 0. The molecule has 0 aliphatic heterocycles. The molecule has 27 heavy (non-hydrogen) atoms. The van der Waals surface area contributed by atoms with E-state index in [0.29, 0.717) is 5.75 Å². The minimum atomic E-state index is -0.634. The summed E-state index contributed by atoms with van der Waals surface area (Å²) in [6.45, 7) is 0. The van der Waals surface area contributed by atoms with Gasteiger partial charge in [-0.3, -0.25) is 4.79 Å². The van der Waals surface area contributed by atoms with Gasteiger partial charge in [-0.25, -0.2) is 9.59 Å². The number of carbonyl (C=O) groups is 3. The zero-order valence-corrected chi connectivity index (χ0v) is 15.1. The number of anilines is 1. The number of benzene rings is 2. The van der Waals surface area contributed by atoms with Gasteiger partial charge in [0.2, 0.25) is 5.91 Å². The molecule has 1 N–H and O–H groups in total. The second-order valence-corrected chi connectivity index (χ2v) is 5.38. The first kappa shape index (κ1) is 19.7. The Morgan fingerprint density at radius 2 is 1.41 bits per heavy atom. The third-order valence-corrected chi connectivity index (χ3v) is 3.59. The van der Waals surface area contributed by atoms with Crippen LogP contribution in [0.15, 0.2) is 48.5 Å². The van der Waals surface area contributed by atoms with Crippen LogP contribution >= 0.6 is 0 Å². The first-order chi connectivity index (χ1) is 13.0. The molecule has 2 aromatic carbocycles. The van der Waals surface area contributed by atoms with E-state index in [4.69, 9.17) is 4.74 Å². The minimum Gasteiger partial charge on any atom is -0.497 e. The van der Waals surface area contributed by atoms with Gasteiger partial charge >= 0.3 is 11.9 Å². The van der Waals surface area contributed by atoms with E-state index in [0.717, 1.165) is 5.56 Å². The molecule has 2 aromatic rings. The maximum absolute atomic E-state index is 12.2. The van der Waals surface area contributed by atoms with Gasteiger partial charge in [0.25, 0.3) is 0 Å². The van der Waals surface area contributed by atoms with E-state index in [1.165, 1.54) is 38.5 Å². The van der Waals surface area contributed by atoms with Gasteiger partial charge in [0.15, 0.2) is 0 Å². The summed E-state index contributed by atoms with van der Waals surface area (Å²) in [5, 5.41) is 2.61. The van der Waals surface area contributed by atoms with Crippen LogP contribution in [-0.2, 0) is 14.3 Å². The van der Waals surface area contributed by atoms with Gasteiger partial charge in [-0.2, -0.15) is 0 Å². The first-order valence-corrected chi connectivity index (χ1v) is 7.91. The van der Waals surface area contributed by atoms with Crippen molar-refractivity contribution in [2.75, 3.05) is 26.6 Å². The van der Waals surface area contributed by atoms with E-state index in [-0.39, 0.29) is 16.8 Å². The second kappa shape index (κ2) is 9.19. The molecule has 0 unspecified atom stereocenters. The fraction of sp³-hybridized carbons (Fsp3) is 0.150. The van der Waals surface area contributed by atoms with Crippen LogP contribution in [0.3, 0.4) is 0 Å². The van der Waals surface area contributed by atoms with Crippen LogP contribution < -0.4 is 10.1 Å². The van der Waals surface area contributed by atoms with Crippen molar-refractivity contribution in [1.82, 2.24) is 0 Å². The molecule has 0 saturated carbocycles. The topological polar surface area (TPSA) is 90.9 Å². The predicted octanol–water partition coefficient (Wildman–Crippen LogP) is 2.92. The van der Waals surface area contributed by atoms with Crippen molar-refractivity contribution in [2.45, 2.75) is 0 Å². The molecule has 0 radical (unpaired) electrons. The number of nitrogens with one attached hydrogen (secondary N) is 1. The van der Waals surface area contributed by atoms with E-state index in [1.807, 2.05) is 0 Å². The van der Waals surface area contributed by atoms with Crippen LogP contribution in [0.1, 0.15) is 26.3 Å². The van der Waals surface area contributed by atoms with Crippen LogP contribution in [0.5, 0.6) is 5.75 Å². The maximum Gasteiger partial charge on any atom is 0.337 e. The Bertz CT molecular complexity index is 836. The summed E-state index contributed by atoms with van der Waals surface area (Å²) in [6.07, 6.45) is 2.96. The smallest absolute Gasteiger partial charge is 0.337 e. The molecule has 1 amide bonds. The summed E-state index contributed by atoms with van der Waals surface area (Å²) in [5.41, 5.74) is 1.32. The summed E-state index contributed by atoms with van der Waals surface area (Å²) in [4.78, 5) is 35.7. The summed E-state index contributed by atoms with van der Waals surface area (Å²) in [6, 6.07) is 11.3. The van der Waals surface area contributed by atoms with E-state index in [9.17, 15) is 14.4 Å². The highest BCUT2D eigenvalue weighted by Crippen LogP contribution is 2.17.